The Bertz CT molecular complexity index is 652. The minimum atomic E-state index is -0.304. The van der Waals surface area contributed by atoms with E-state index in [0.717, 1.165) is 24.0 Å². The molecule has 1 atom stereocenters. The Morgan fingerprint density at radius 3 is 2.23 bits per heavy atom. The molecule has 3 rings (SSSR count). The van der Waals surface area contributed by atoms with Gasteiger partial charge in [0.05, 0.1) is 12.5 Å². The van der Waals surface area contributed by atoms with Crippen molar-refractivity contribution < 1.29 is 13.6 Å². The molecule has 0 unspecified atom stereocenters. The standard InChI is InChI=1S/C18H17F2NO/c19-15-7-3-13(4-8-15)12-18(22)21-11-1-2-17(21)14-5-9-16(20)10-6-14/h3-10,17H,1-2,11-12H2/t17-/m1/s1. The van der Waals surface area contributed by atoms with Crippen LogP contribution in [0.2, 0.25) is 0 Å². The van der Waals surface area contributed by atoms with Crippen LogP contribution in [0.15, 0.2) is 48.5 Å². The topological polar surface area (TPSA) is 20.3 Å². The quantitative estimate of drug-likeness (QED) is 0.842. The number of amides is 1. The molecule has 1 amide bonds. The molecule has 2 aromatic carbocycles. The zero-order valence-corrected chi connectivity index (χ0v) is 12.1. The highest BCUT2D eigenvalue weighted by molar-refractivity contribution is 5.79. The van der Waals surface area contributed by atoms with Crippen LogP contribution in [-0.4, -0.2) is 17.4 Å². The van der Waals surface area contributed by atoms with E-state index in [1.807, 2.05) is 4.90 Å². The van der Waals surface area contributed by atoms with Crippen LogP contribution in [0.25, 0.3) is 0 Å². The second-order valence-electron chi connectivity index (χ2n) is 5.60. The summed E-state index contributed by atoms with van der Waals surface area (Å²) in [5.41, 5.74) is 1.77. The van der Waals surface area contributed by atoms with Gasteiger partial charge in [0.25, 0.3) is 0 Å². The first-order chi connectivity index (χ1) is 10.6. The van der Waals surface area contributed by atoms with Crippen LogP contribution in [0.4, 0.5) is 8.78 Å². The highest BCUT2D eigenvalue weighted by Crippen LogP contribution is 2.32. The maximum absolute atomic E-state index is 13.0. The van der Waals surface area contributed by atoms with E-state index in [2.05, 4.69) is 0 Å². The molecule has 114 valence electrons. The van der Waals surface area contributed by atoms with Crippen molar-refractivity contribution in [1.29, 1.82) is 0 Å². The number of carbonyl (C=O) groups is 1. The summed E-state index contributed by atoms with van der Waals surface area (Å²) in [5.74, 6) is -0.550. The smallest absolute Gasteiger partial charge is 0.227 e. The Kier molecular flexibility index (Phi) is 4.18. The highest BCUT2D eigenvalue weighted by atomic mass is 19.1. The van der Waals surface area contributed by atoms with Crippen molar-refractivity contribution in [1.82, 2.24) is 4.90 Å². The van der Waals surface area contributed by atoms with Crippen LogP contribution in [0.5, 0.6) is 0 Å². The fourth-order valence-corrected chi connectivity index (χ4v) is 2.98. The number of likely N-dealkylation sites (tertiary alicyclic amines) is 1. The molecule has 0 N–H and O–H groups in total. The van der Waals surface area contributed by atoms with Crippen molar-refractivity contribution in [2.45, 2.75) is 25.3 Å². The molecule has 2 aromatic rings. The molecule has 0 radical (unpaired) electrons. The zero-order valence-electron chi connectivity index (χ0n) is 12.1. The molecule has 1 fully saturated rings. The summed E-state index contributed by atoms with van der Waals surface area (Å²) in [6.45, 7) is 0.710. The summed E-state index contributed by atoms with van der Waals surface area (Å²) < 4.78 is 26.0. The van der Waals surface area contributed by atoms with E-state index in [0.29, 0.717) is 6.54 Å². The van der Waals surface area contributed by atoms with E-state index in [1.165, 1.54) is 24.3 Å². The molecule has 0 bridgehead atoms. The summed E-state index contributed by atoms with van der Waals surface area (Å²) in [6.07, 6.45) is 2.09. The van der Waals surface area contributed by atoms with Crippen LogP contribution in [0.1, 0.15) is 30.0 Å². The molecule has 0 aromatic heterocycles. The lowest BCUT2D eigenvalue weighted by molar-refractivity contribution is -0.131. The van der Waals surface area contributed by atoms with Gasteiger partial charge >= 0.3 is 0 Å². The lowest BCUT2D eigenvalue weighted by Crippen LogP contribution is -2.31. The maximum atomic E-state index is 13.0. The van der Waals surface area contributed by atoms with Gasteiger partial charge in [-0.3, -0.25) is 4.79 Å². The SMILES string of the molecule is O=C(Cc1ccc(F)cc1)N1CCC[C@@H]1c1ccc(F)cc1. The van der Waals surface area contributed by atoms with Crippen LogP contribution >= 0.6 is 0 Å². The molecule has 0 saturated carbocycles. The molecule has 2 nitrogen and oxygen atoms in total. The van der Waals surface area contributed by atoms with E-state index >= 15 is 0 Å². The number of carbonyl (C=O) groups excluding carboxylic acids is 1. The van der Waals surface area contributed by atoms with Crippen LogP contribution in [0.3, 0.4) is 0 Å². The summed E-state index contributed by atoms with van der Waals surface area (Å²) in [6, 6.07) is 12.3. The van der Waals surface area contributed by atoms with Crippen molar-refractivity contribution in [3.8, 4) is 0 Å². The molecule has 1 aliphatic rings. The Balaban J connectivity index is 1.73. The van der Waals surface area contributed by atoms with Crippen molar-refractivity contribution >= 4 is 5.91 Å². The van der Waals surface area contributed by atoms with Gasteiger partial charge in [0.15, 0.2) is 0 Å². The van der Waals surface area contributed by atoms with Crippen LogP contribution in [0, 0.1) is 11.6 Å². The number of benzene rings is 2. The van der Waals surface area contributed by atoms with Gasteiger partial charge in [0.1, 0.15) is 11.6 Å². The van der Waals surface area contributed by atoms with E-state index in [-0.39, 0.29) is 30.0 Å². The van der Waals surface area contributed by atoms with Gasteiger partial charge in [-0.25, -0.2) is 8.78 Å². The summed E-state index contributed by atoms with van der Waals surface area (Å²) >= 11 is 0. The minimum absolute atomic E-state index is 0.00792. The average molecular weight is 301 g/mol. The second-order valence-corrected chi connectivity index (χ2v) is 5.60. The molecule has 22 heavy (non-hydrogen) atoms. The monoisotopic (exact) mass is 301 g/mol. The van der Waals surface area contributed by atoms with Crippen molar-refractivity contribution in [3.05, 3.63) is 71.3 Å². The summed E-state index contributed by atoms with van der Waals surface area (Å²) in [4.78, 5) is 14.4. The van der Waals surface area contributed by atoms with Gasteiger partial charge in [0.2, 0.25) is 5.91 Å². The summed E-state index contributed by atoms with van der Waals surface area (Å²) in [7, 11) is 0. The lowest BCUT2D eigenvalue weighted by atomic mass is 10.0. The van der Waals surface area contributed by atoms with E-state index < -0.39 is 0 Å². The molecule has 1 aliphatic heterocycles. The van der Waals surface area contributed by atoms with Crippen LogP contribution < -0.4 is 0 Å². The van der Waals surface area contributed by atoms with Crippen LogP contribution in [-0.2, 0) is 11.2 Å². The van der Waals surface area contributed by atoms with Crippen molar-refractivity contribution in [2.75, 3.05) is 6.54 Å². The number of halogens is 2. The van der Waals surface area contributed by atoms with E-state index in [1.54, 1.807) is 24.3 Å². The van der Waals surface area contributed by atoms with Gasteiger partial charge < -0.3 is 4.90 Å². The Morgan fingerprint density at radius 1 is 1.00 bits per heavy atom. The van der Waals surface area contributed by atoms with Gasteiger partial charge in [-0.1, -0.05) is 24.3 Å². The number of hydrogen-bond acceptors (Lipinski definition) is 1. The van der Waals surface area contributed by atoms with Gasteiger partial charge in [0, 0.05) is 6.54 Å². The fourth-order valence-electron chi connectivity index (χ4n) is 2.98. The molecule has 0 aliphatic carbocycles. The third-order valence-corrected chi connectivity index (χ3v) is 4.10. The normalized spacial score (nSPS) is 17.7. The van der Waals surface area contributed by atoms with Gasteiger partial charge in [-0.05, 0) is 48.2 Å². The molecule has 4 heteroatoms. The number of hydrogen-bond donors (Lipinski definition) is 0. The van der Waals surface area contributed by atoms with Gasteiger partial charge in [-0.15, -0.1) is 0 Å². The average Bonchev–Trinajstić information content (AvgIpc) is 3.00. The minimum Gasteiger partial charge on any atom is -0.335 e. The molecular formula is C18H17F2NO. The molecule has 1 saturated heterocycles. The first-order valence-electron chi connectivity index (χ1n) is 7.43. The Labute approximate surface area is 128 Å². The van der Waals surface area contributed by atoms with Gasteiger partial charge in [-0.2, -0.15) is 0 Å². The Morgan fingerprint density at radius 2 is 1.59 bits per heavy atom. The van der Waals surface area contributed by atoms with Crippen molar-refractivity contribution in [3.63, 3.8) is 0 Å². The first kappa shape index (κ1) is 14.7. The summed E-state index contributed by atoms with van der Waals surface area (Å²) in [5, 5.41) is 0. The zero-order chi connectivity index (χ0) is 15.5. The lowest BCUT2D eigenvalue weighted by Gasteiger charge is -2.25. The first-order valence-corrected chi connectivity index (χ1v) is 7.43. The van der Waals surface area contributed by atoms with Crippen molar-refractivity contribution in [2.24, 2.45) is 0 Å². The third-order valence-electron chi connectivity index (χ3n) is 4.10. The largest absolute Gasteiger partial charge is 0.335 e. The van der Waals surface area contributed by atoms with E-state index in [4.69, 9.17) is 0 Å². The number of rotatable bonds is 3. The molecule has 0 spiro atoms. The predicted octanol–water partition coefficient (Wildman–Crippen LogP) is 3.87. The molecular weight excluding hydrogens is 284 g/mol. The maximum Gasteiger partial charge on any atom is 0.227 e. The third kappa shape index (κ3) is 3.16. The highest BCUT2D eigenvalue weighted by Gasteiger charge is 2.29. The number of nitrogens with zero attached hydrogens (tertiary/aromatic N) is 1. The predicted molar refractivity (Wildman–Crippen MR) is 80.2 cm³/mol. The fraction of sp³-hybridized carbons (Fsp3) is 0.278. The molecule has 1 heterocycles. The second kappa shape index (κ2) is 6.26. The Hall–Kier alpha value is -2.23. The van der Waals surface area contributed by atoms with E-state index in [9.17, 15) is 13.6 Å².